The number of alkyl halides is 1. The Morgan fingerprint density at radius 2 is 2.09 bits per heavy atom. The van der Waals surface area contributed by atoms with Crippen molar-refractivity contribution in [2.75, 3.05) is 10.8 Å². The van der Waals surface area contributed by atoms with Gasteiger partial charge in [-0.3, -0.25) is 5.43 Å². The first-order chi connectivity index (χ1) is 5.43. The quantitative estimate of drug-likeness (QED) is 0.465. The van der Waals surface area contributed by atoms with E-state index in [-0.39, 0.29) is 0 Å². The molecule has 0 fully saturated rings. The topological polar surface area (TPSA) is 24.4 Å². The van der Waals surface area contributed by atoms with E-state index in [1.807, 2.05) is 30.3 Å². The molecule has 0 saturated heterocycles. The highest BCUT2D eigenvalue weighted by molar-refractivity contribution is 9.09. The molecule has 0 aromatic heterocycles. The number of anilines is 1. The van der Waals surface area contributed by atoms with Crippen LogP contribution < -0.4 is 5.43 Å². The lowest BCUT2D eigenvalue weighted by molar-refractivity contribution is 1.35. The van der Waals surface area contributed by atoms with Gasteiger partial charge in [0.05, 0.1) is 5.69 Å². The third kappa shape index (κ3) is 3.18. The Kier molecular flexibility index (Phi) is 3.69. The summed E-state index contributed by atoms with van der Waals surface area (Å²) in [4.78, 5) is 0. The van der Waals surface area contributed by atoms with Crippen molar-refractivity contribution >= 4 is 27.8 Å². The molecule has 0 amide bonds. The number of halogens is 1. The van der Waals surface area contributed by atoms with Crippen LogP contribution in [-0.4, -0.2) is 11.5 Å². The third-order valence-electron chi connectivity index (χ3n) is 1.13. The Morgan fingerprint density at radius 3 is 2.73 bits per heavy atom. The maximum Gasteiger partial charge on any atom is 0.0561 e. The van der Waals surface area contributed by atoms with E-state index in [0.717, 1.165) is 11.0 Å². The molecular weight excluding hydrogens is 204 g/mol. The van der Waals surface area contributed by atoms with Crippen molar-refractivity contribution in [3.63, 3.8) is 0 Å². The molecule has 0 bridgehead atoms. The first-order valence-corrected chi connectivity index (χ1v) is 4.44. The summed E-state index contributed by atoms with van der Waals surface area (Å²) in [6.07, 6.45) is 1.76. The van der Waals surface area contributed by atoms with Crippen LogP contribution in [0.15, 0.2) is 35.4 Å². The van der Waals surface area contributed by atoms with Gasteiger partial charge in [0, 0.05) is 11.5 Å². The minimum absolute atomic E-state index is 0.771. The SMILES string of the molecule is BrCC=NNc1ccccc1. The van der Waals surface area contributed by atoms with E-state index in [1.54, 1.807) is 6.21 Å². The fraction of sp³-hybridized carbons (Fsp3) is 0.125. The fourth-order valence-corrected chi connectivity index (χ4v) is 0.812. The molecule has 0 saturated carbocycles. The molecule has 11 heavy (non-hydrogen) atoms. The molecule has 0 heterocycles. The second-order valence-electron chi connectivity index (χ2n) is 1.94. The zero-order valence-corrected chi connectivity index (χ0v) is 7.58. The van der Waals surface area contributed by atoms with E-state index >= 15 is 0 Å². The molecule has 1 aromatic rings. The number of rotatable bonds is 3. The minimum Gasteiger partial charge on any atom is -0.279 e. The normalized spacial score (nSPS) is 10.3. The summed E-state index contributed by atoms with van der Waals surface area (Å²) < 4.78 is 0. The Labute approximate surface area is 74.4 Å². The van der Waals surface area contributed by atoms with Crippen LogP contribution in [0, 0.1) is 0 Å². The number of para-hydroxylation sites is 1. The Bertz CT molecular complexity index is 221. The zero-order valence-electron chi connectivity index (χ0n) is 6.00. The third-order valence-corrected chi connectivity index (χ3v) is 1.42. The molecule has 0 atom stereocenters. The van der Waals surface area contributed by atoms with Gasteiger partial charge in [0.15, 0.2) is 0 Å². The predicted molar refractivity (Wildman–Crippen MR) is 52.4 cm³/mol. The van der Waals surface area contributed by atoms with Crippen molar-refractivity contribution in [3.8, 4) is 0 Å². The van der Waals surface area contributed by atoms with E-state index in [0.29, 0.717) is 0 Å². The van der Waals surface area contributed by atoms with Gasteiger partial charge in [-0.15, -0.1) is 0 Å². The van der Waals surface area contributed by atoms with Crippen LogP contribution in [0.1, 0.15) is 0 Å². The highest BCUT2D eigenvalue weighted by Crippen LogP contribution is 2.03. The van der Waals surface area contributed by atoms with Gasteiger partial charge in [-0.2, -0.15) is 5.10 Å². The average Bonchev–Trinajstić information content (AvgIpc) is 2.07. The largest absolute Gasteiger partial charge is 0.279 e. The van der Waals surface area contributed by atoms with Crippen LogP contribution in [0.3, 0.4) is 0 Å². The summed E-state index contributed by atoms with van der Waals surface area (Å²) in [6.45, 7) is 0. The minimum atomic E-state index is 0.771. The van der Waals surface area contributed by atoms with Gasteiger partial charge < -0.3 is 0 Å². The number of hydrogen-bond acceptors (Lipinski definition) is 2. The number of nitrogens with zero attached hydrogens (tertiary/aromatic N) is 1. The van der Waals surface area contributed by atoms with Gasteiger partial charge in [-0.1, -0.05) is 34.1 Å². The summed E-state index contributed by atoms with van der Waals surface area (Å²) in [5.74, 6) is 0. The van der Waals surface area contributed by atoms with Crippen LogP contribution >= 0.6 is 15.9 Å². The van der Waals surface area contributed by atoms with Gasteiger partial charge in [0.25, 0.3) is 0 Å². The van der Waals surface area contributed by atoms with Crippen molar-refractivity contribution in [1.29, 1.82) is 0 Å². The Hall–Kier alpha value is -0.830. The molecule has 1 aromatic carbocycles. The maximum atomic E-state index is 3.94. The highest BCUT2D eigenvalue weighted by Gasteiger charge is 1.82. The standard InChI is InChI=1S/C8H9BrN2/c9-6-7-10-11-8-4-2-1-3-5-8/h1-5,7,11H,6H2. The molecule has 0 aliphatic heterocycles. The monoisotopic (exact) mass is 212 g/mol. The van der Waals surface area contributed by atoms with Gasteiger partial charge in [0.2, 0.25) is 0 Å². The summed E-state index contributed by atoms with van der Waals surface area (Å²) >= 11 is 3.23. The summed E-state index contributed by atoms with van der Waals surface area (Å²) in [5.41, 5.74) is 3.89. The number of nitrogens with one attached hydrogen (secondary N) is 1. The van der Waals surface area contributed by atoms with Crippen molar-refractivity contribution in [2.24, 2.45) is 5.10 Å². The maximum absolute atomic E-state index is 3.94. The van der Waals surface area contributed by atoms with Crippen LogP contribution in [0.2, 0.25) is 0 Å². The molecule has 0 radical (unpaired) electrons. The van der Waals surface area contributed by atoms with E-state index in [4.69, 9.17) is 0 Å². The molecule has 1 rings (SSSR count). The van der Waals surface area contributed by atoms with Crippen LogP contribution in [-0.2, 0) is 0 Å². The summed E-state index contributed by atoms with van der Waals surface area (Å²) in [5, 5.41) is 4.71. The average molecular weight is 213 g/mol. The smallest absolute Gasteiger partial charge is 0.0561 e. The van der Waals surface area contributed by atoms with Crippen molar-refractivity contribution in [3.05, 3.63) is 30.3 Å². The molecule has 0 spiro atoms. The Morgan fingerprint density at radius 1 is 1.36 bits per heavy atom. The highest BCUT2D eigenvalue weighted by atomic mass is 79.9. The zero-order chi connectivity index (χ0) is 7.94. The van der Waals surface area contributed by atoms with E-state index in [1.165, 1.54) is 0 Å². The lowest BCUT2D eigenvalue weighted by atomic mass is 10.3. The molecule has 2 nitrogen and oxygen atoms in total. The molecular formula is C8H9BrN2. The number of hydrogen-bond donors (Lipinski definition) is 1. The molecule has 3 heteroatoms. The van der Waals surface area contributed by atoms with Crippen molar-refractivity contribution in [2.45, 2.75) is 0 Å². The molecule has 1 N–H and O–H groups in total. The molecule has 0 aliphatic rings. The fourth-order valence-electron chi connectivity index (χ4n) is 0.667. The van der Waals surface area contributed by atoms with Crippen molar-refractivity contribution < 1.29 is 0 Å². The molecule has 0 unspecified atom stereocenters. The van der Waals surface area contributed by atoms with Crippen LogP contribution in [0.5, 0.6) is 0 Å². The van der Waals surface area contributed by atoms with E-state index in [2.05, 4.69) is 26.5 Å². The second-order valence-corrected chi connectivity index (χ2v) is 2.59. The first kappa shape index (κ1) is 8.27. The van der Waals surface area contributed by atoms with Gasteiger partial charge >= 0.3 is 0 Å². The van der Waals surface area contributed by atoms with E-state index < -0.39 is 0 Å². The van der Waals surface area contributed by atoms with Gasteiger partial charge in [0.1, 0.15) is 0 Å². The Balaban J connectivity index is 2.45. The van der Waals surface area contributed by atoms with Gasteiger partial charge in [-0.05, 0) is 12.1 Å². The number of benzene rings is 1. The first-order valence-electron chi connectivity index (χ1n) is 3.32. The second kappa shape index (κ2) is 4.91. The van der Waals surface area contributed by atoms with Gasteiger partial charge in [-0.25, -0.2) is 0 Å². The summed E-state index contributed by atoms with van der Waals surface area (Å²) in [6, 6.07) is 9.83. The van der Waals surface area contributed by atoms with Crippen LogP contribution in [0.25, 0.3) is 0 Å². The summed E-state index contributed by atoms with van der Waals surface area (Å²) in [7, 11) is 0. The predicted octanol–water partition coefficient (Wildman–Crippen LogP) is 2.48. The lowest BCUT2D eigenvalue weighted by Crippen LogP contribution is -1.88. The lowest BCUT2D eigenvalue weighted by Gasteiger charge is -1.96. The van der Waals surface area contributed by atoms with Crippen LogP contribution in [0.4, 0.5) is 5.69 Å². The van der Waals surface area contributed by atoms with E-state index in [9.17, 15) is 0 Å². The molecule has 58 valence electrons. The number of hydrazone groups is 1. The molecule has 0 aliphatic carbocycles. The van der Waals surface area contributed by atoms with Crippen molar-refractivity contribution in [1.82, 2.24) is 0 Å².